The minimum absolute atomic E-state index is 0.232. The number of fused-ring (bicyclic) bond motifs is 1. The second-order valence-electron chi connectivity index (χ2n) is 6.55. The van der Waals surface area contributed by atoms with Gasteiger partial charge in [-0.05, 0) is 32.0 Å². The maximum atomic E-state index is 13.3. The third-order valence-corrected chi connectivity index (χ3v) is 4.74. The van der Waals surface area contributed by atoms with Gasteiger partial charge in [0, 0.05) is 22.9 Å². The predicted molar refractivity (Wildman–Crippen MR) is 101 cm³/mol. The van der Waals surface area contributed by atoms with Crippen LogP contribution in [0.2, 0.25) is 0 Å². The molecule has 0 unspecified atom stereocenters. The molecule has 0 saturated heterocycles. The molecule has 4 aromatic rings. The van der Waals surface area contributed by atoms with E-state index in [1.54, 1.807) is 26.0 Å². The summed E-state index contributed by atoms with van der Waals surface area (Å²) in [6, 6.07) is 15.8. The summed E-state index contributed by atoms with van der Waals surface area (Å²) in [5.74, 6) is 0. The Kier molecular flexibility index (Phi) is 4.10. The summed E-state index contributed by atoms with van der Waals surface area (Å²) in [7, 11) is 0. The fourth-order valence-corrected chi connectivity index (χ4v) is 3.18. The summed E-state index contributed by atoms with van der Waals surface area (Å²) in [5, 5.41) is 0. The Hall–Kier alpha value is -3.35. The van der Waals surface area contributed by atoms with E-state index in [2.05, 4.69) is 4.98 Å². The van der Waals surface area contributed by atoms with Crippen LogP contribution in [0, 0.1) is 13.8 Å². The van der Waals surface area contributed by atoms with Crippen molar-refractivity contribution in [2.45, 2.75) is 20.0 Å². The van der Waals surface area contributed by atoms with Gasteiger partial charge in [-0.2, -0.15) is 17.7 Å². The summed E-state index contributed by atoms with van der Waals surface area (Å²) in [6.07, 6.45) is -4.48. The second kappa shape index (κ2) is 6.37. The van der Waals surface area contributed by atoms with E-state index in [0.717, 1.165) is 17.7 Å². The topological polar surface area (TPSA) is 39.3 Å². The maximum absolute atomic E-state index is 13.3. The van der Waals surface area contributed by atoms with Gasteiger partial charge in [0.15, 0.2) is 5.65 Å². The molecule has 7 heteroatoms. The normalized spacial score (nSPS) is 11.9. The predicted octanol–water partition coefficient (Wildman–Crippen LogP) is 4.79. The smallest absolute Gasteiger partial charge is 0.267 e. The lowest BCUT2D eigenvalue weighted by atomic mass is 10.1. The molecule has 0 spiro atoms. The Bertz CT molecular complexity index is 1240. The number of halogens is 3. The lowest BCUT2D eigenvalue weighted by molar-refractivity contribution is -0.137. The van der Waals surface area contributed by atoms with Crippen molar-refractivity contribution >= 4 is 5.65 Å². The molecule has 0 N–H and O–H groups in total. The molecule has 0 amide bonds. The molecule has 0 aliphatic rings. The number of aryl methyl sites for hydroxylation is 1. The van der Waals surface area contributed by atoms with Crippen molar-refractivity contribution in [1.29, 1.82) is 0 Å². The molecular weight excluding hydrogens is 367 g/mol. The van der Waals surface area contributed by atoms with E-state index in [9.17, 15) is 18.0 Å². The summed E-state index contributed by atoms with van der Waals surface area (Å²) < 4.78 is 42.6. The highest BCUT2D eigenvalue weighted by Crippen LogP contribution is 2.32. The average Bonchev–Trinajstić information content (AvgIpc) is 3.05. The average molecular weight is 383 g/mol. The summed E-state index contributed by atoms with van der Waals surface area (Å²) in [5.41, 5.74) is 1.89. The van der Waals surface area contributed by atoms with Gasteiger partial charge >= 0.3 is 6.18 Å². The Labute approximate surface area is 158 Å². The van der Waals surface area contributed by atoms with Crippen LogP contribution in [0.1, 0.15) is 16.8 Å². The first kappa shape index (κ1) is 18.0. The number of alkyl halides is 3. The molecular formula is C21H16F3N3O. The summed E-state index contributed by atoms with van der Waals surface area (Å²) >= 11 is 0. The zero-order chi connectivity index (χ0) is 20.1. The first-order valence-electron chi connectivity index (χ1n) is 8.62. The van der Waals surface area contributed by atoms with Crippen LogP contribution < -0.4 is 5.56 Å². The molecule has 0 fully saturated rings. The molecule has 2 heterocycles. The van der Waals surface area contributed by atoms with Crippen molar-refractivity contribution < 1.29 is 13.2 Å². The number of hydrogen-bond acceptors (Lipinski definition) is 2. The molecule has 28 heavy (non-hydrogen) atoms. The van der Waals surface area contributed by atoms with Gasteiger partial charge in [0.05, 0.1) is 16.9 Å². The molecule has 0 radical (unpaired) electrons. The second-order valence-corrected chi connectivity index (χ2v) is 6.55. The highest BCUT2D eigenvalue weighted by atomic mass is 19.4. The van der Waals surface area contributed by atoms with Gasteiger partial charge in [0.1, 0.15) is 0 Å². The van der Waals surface area contributed by atoms with Crippen LogP contribution in [0.5, 0.6) is 0 Å². The van der Waals surface area contributed by atoms with Gasteiger partial charge in [-0.15, -0.1) is 0 Å². The Morgan fingerprint density at radius 2 is 1.64 bits per heavy atom. The Balaban J connectivity index is 2.12. The van der Waals surface area contributed by atoms with E-state index in [1.165, 1.54) is 15.3 Å². The van der Waals surface area contributed by atoms with E-state index in [0.29, 0.717) is 22.6 Å². The molecule has 142 valence electrons. The van der Waals surface area contributed by atoms with Crippen LogP contribution >= 0.6 is 0 Å². The van der Waals surface area contributed by atoms with Crippen molar-refractivity contribution in [2.24, 2.45) is 0 Å². The van der Waals surface area contributed by atoms with Crippen molar-refractivity contribution in [3.63, 3.8) is 0 Å². The SMILES string of the molecule is Cc1nc2cc(-c3ccccc3)n(-c3cccc(C(F)(F)F)c3)n2c(=O)c1C. The number of aromatic nitrogens is 3. The monoisotopic (exact) mass is 383 g/mol. The largest absolute Gasteiger partial charge is 0.416 e. The first-order valence-corrected chi connectivity index (χ1v) is 8.62. The van der Waals surface area contributed by atoms with Gasteiger partial charge in [-0.3, -0.25) is 4.79 Å². The van der Waals surface area contributed by atoms with Gasteiger partial charge in [0.2, 0.25) is 0 Å². The van der Waals surface area contributed by atoms with Crippen molar-refractivity contribution in [3.05, 3.63) is 87.8 Å². The fourth-order valence-electron chi connectivity index (χ4n) is 3.18. The Morgan fingerprint density at radius 1 is 0.929 bits per heavy atom. The van der Waals surface area contributed by atoms with Crippen LogP contribution in [0.4, 0.5) is 13.2 Å². The van der Waals surface area contributed by atoms with Crippen LogP contribution in [0.3, 0.4) is 0 Å². The molecule has 0 atom stereocenters. The van der Waals surface area contributed by atoms with E-state index in [-0.39, 0.29) is 11.2 Å². The first-order chi connectivity index (χ1) is 13.3. The van der Waals surface area contributed by atoms with Crippen LogP contribution in [0.15, 0.2) is 65.5 Å². The van der Waals surface area contributed by atoms with E-state index in [4.69, 9.17) is 0 Å². The third-order valence-electron chi connectivity index (χ3n) is 4.74. The summed E-state index contributed by atoms with van der Waals surface area (Å²) in [6.45, 7) is 3.39. The van der Waals surface area contributed by atoms with E-state index in [1.807, 2.05) is 30.3 Å². The minimum Gasteiger partial charge on any atom is -0.267 e. The molecule has 0 aliphatic carbocycles. The zero-order valence-electron chi connectivity index (χ0n) is 15.2. The van der Waals surface area contributed by atoms with Gasteiger partial charge in [-0.25, -0.2) is 9.67 Å². The molecule has 4 nitrogen and oxygen atoms in total. The number of rotatable bonds is 2. The number of benzene rings is 2. The molecule has 0 saturated carbocycles. The third kappa shape index (κ3) is 2.89. The number of hydrogen-bond donors (Lipinski definition) is 0. The van der Waals surface area contributed by atoms with Crippen LogP contribution in [-0.2, 0) is 6.18 Å². The lowest BCUT2D eigenvalue weighted by Crippen LogP contribution is -2.24. The highest BCUT2D eigenvalue weighted by molar-refractivity contribution is 5.67. The quantitative estimate of drug-likeness (QED) is 0.499. The fraction of sp³-hybridized carbons (Fsp3) is 0.143. The van der Waals surface area contributed by atoms with E-state index < -0.39 is 11.7 Å². The lowest BCUT2D eigenvalue weighted by Gasteiger charge is -2.14. The Morgan fingerprint density at radius 3 is 2.32 bits per heavy atom. The van der Waals surface area contributed by atoms with Gasteiger partial charge in [0.25, 0.3) is 5.56 Å². The molecule has 2 aromatic heterocycles. The van der Waals surface area contributed by atoms with Gasteiger partial charge < -0.3 is 0 Å². The molecule has 4 rings (SSSR count). The van der Waals surface area contributed by atoms with E-state index >= 15 is 0 Å². The maximum Gasteiger partial charge on any atom is 0.416 e. The molecule has 0 aliphatic heterocycles. The minimum atomic E-state index is -4.48. The van der Waals surface area contributed by atoms with Crippen molar-refractivity contribution in [1.82, 2.24) is 14.2 Å². The summed E-state index contributed by atoms with van der Waals surface area (Å²) in [4.78, 5) is 17.4. The van der Waals surface area contributed by atoms with Crippen LogP contribution in [0.25, 0.3) is 22.6 Å². The molecule has 0 bridgehead atoms. The van der Waals surface area contributed by atoms with Crippen molar-refractivity contribution in [3.8, 4) is 16.9 Å². The van der Waals surface area contributed by atoms with Crippen LogP contribution in [-0.4, -0.2) is 14.2 Å². The highest BCUT2D eigenvalue weighted by Gasteiger charge is 2.31. The zero-order valence-corrected chi connectivity index (χ0v) is 15.2. The van der Waals surface area contributed by atoms with Gasteiger partial charge in [-0.1, -0.05) is 36.4 Å². The standard InChI is InChI=1S/C21H16F3N3O/c1-13-14(2)25-19-12-18(15-7-4-3-5-8-15)26(27(19)20(13)28)17-10-6-9-16(11-17)21(22,23)24/h3-12H,1-2H3. The number of nitrogens with zero attached hydrogens (tertiary/aromatic N) is 3. The van der Waals surface area contributed by atoms with Crippen molar-refractivity contribution in [2.75, 3.05) is 0 Å². The molecule has 2 aromatic carbocycles.